The predicted octanol–water partition coefficient (Wildman–Crippen LogP) is 2.51. The summed E-state index contributed by atoms with van der Waals surface area (Å²) in [7, 11) is -2.53. The normalized spacial score (nSPS) is 36.1. The topological polar surface area (TPSA) is 117 Å². The first kappa shape index (κ1) is 18.5. The fourth-order valence-electron chi connectivity index (χ4n) is 3.78. The van der Waals surface area contributed by atoms with Gasteiger partial charge in [-0.3, -0.25) is 0 Å². The number of nitrogens with zero attached hydrogens (tertiary/aromatic N) is 4. The smallest absolute Gasteiger partial charge is 0.382 e. The first-order valence-electron chi connectivity index (χ1n) is 8.80. The van der Waals surface area contributed by atoms with E-state index in [0.717, 1.165) is 5.69 Å². The van der Waals surface area contributed by atoms with E-state index in [1.165, 1.54) is 6.33 Å². The van der Waals surface area contributed by atoms with E-state index in [4.69, 9.17) is 24.0 Å². The molecule has 10 heteroatoms. The van der Waals surface area contributed by atoms with Crippen LogP contribution in [-0.2, 0) is 18.3 Å². The molecule has 0 radical (unpaired) electrons. The zero-order chi connectivity index (χ0) is 19.4. The lowest BCUT2D eigenvalue weighted by molar-refractivity contribution is -0.0566. The number of ether oxygens (including phenoxy) is 1. The van der Waals surface area contributed by atoms with Crippen LogP contribution in [0.5, 0.6) is 0 Å². The molecule has 0 amide bonds. The molecule has 9 nitrogen and oxygen atoms in total. The minimum absolute atomic E-state index is 0.0411. The molecule has 5 atom stereocenters. The van der Waals surface area contributed by atoms with Gasteiger partial charge in [0.1, 0.15) is 48.8 Å². The Morgan fingerprint density at radius 3 is 2.96 bits per heavy atom. The van der Waals surface area contributed by atoms with Crippen LogP contribution in [0.1, 0.15) is 32.6 Å². The second kappa shape index (κ2) is 6.36. The summed E-state index contributed by atoms with van der Waals surface area (Å²) in [5.74, 6) is 0.369. The molecule has 1 unspecified atom stereocenters. The Morgan fingerprint density at radius 1 is 1.48 bits per heavy atom. The SMILES string of the molecule is CC(C)O[P+]1(C)OC[C@H]2O[C@@H](c3ccc4c(N)ncnn34)[C@](C)(C#N)[C@@H]2O1. The van der Waals surface area contributed by atoms with Gasteiger partial charge in [-0.15, -0.1) is 0 Å². The zero-order valence-electron chi connectivity index (χ0n) is 15.7. The lowest BCUT2D eigenvalue weighted by Gasteiger charge is -2.33. The molecule has 2 aliphatic heterocycles. The number of hydrogen-bond donors (Lipinski definition) is 1. The van der Waals surface area contributed by atoms with E-state index in [-0.39, 0.29) is 12.2 Å². The Hall–Kier alpha value is -1.82. The highest BCUT2D eigenvalue weighted by molar-refractivity contribution is 7.60. The third kappa shape index (κ3) is 2.89. The maximum Gasteiger partial charge on any atom is 0.409 e. The number of hydrogen-bond acceptors (Lipinski definition) is 8. The zero-order valence-corrected chi connectivity index (χ0v) is 16.6. The van der Waals surface area contributed by atoms with Gasteiger partial charge in [0.2, 0.25) is 0 Å². The van der Waals surface area contributed by atoms with Crippen molar-refractivity contribution in [2.24, 2.45) is 5.41 Å². The second-order valence-electron chi connectivity index (χ2n) is 7.40. The highest BCUT2D eigenvalue weighted by Gasteiger charge is 2.65. The first-order valence-corrected chi connectivity index (χ1v) is 10.8. The standard InChI is InChI=1S/C17H23N5O4P/c1-10(2)25-27(4)23-7-13-15(26-27)17(3,8-18)14(24-13)11-5-6-12-16(19)20-9-21-22(11)12/h5-6,9-10,13-15H,7H2,1-4H3,(H2,19,20,21)/q+1/t13-,14+,15-,17+,27?/m1/s1. The molecule has 2 aliphatic rings. The van der Waals surface area contributed by atoms with Crippen LogP contribution in [0, 0.1) is 16.7 Å². The van der Waals surface area contributed by atoms with Gasteiger partial charge < -0.3 is 10.5 Å². The molecular formula is C17H23N5O4P+. The van der Waals surface area contributed by atoms with Crippen molar-refractivity contribution in [1.29, 1.82) is 5.26 Å². The van der Waals surface area contributed by atoms with Crippen LogP contribution in [0.3, 0.4) is 0 Å². The average Bonchev–Trinajstić information content (AvgIpc) is 3.15. The van der Waals surface area contributed by atoms with E-state index in [0.29, 0.717) is 17.9 Å². The van der Waals surface area contributed by atoms with Crippen molar-refractivity contribution in [3.8, 4) is 6.07 Å². The highest BCUT2D eigenvalue weighted by atomic mass is 31.2. The van der Waals surface area contributed by atoms with Crippen molar-refractivity contribution in [2.45, 2.75) is 45.2 Å². The maximum absolute atomic E-state index is 10.1. The van der Waals surface area contributed by atoms with Gasteiger partial charge >= 0.3 is 7.94 Å². The summed E-state index contributed by atoms with van der Waals surface area (Å²) >= 11 is 0. The van der Waals surface area contributed by atoms with Gasteiger partial charge in [-0.2, -0.15) is 23.9 Å². The molecule has 2 aromatic heterocycles. The lowest BCUT2D eigenvalue weighted by atomic mass is 9.79. The minimum Gasteiger partial charge on any atom is -0.382 e. The van der Waals surface area contributed by atoms with Crippen LogP contribution in [0.15, 0.2) is 18.5 Å². The Labute approximate surface area is 157 Å². The van der Waals surface area contributed by atoms with Crippen molar-refractivity contribution >= 4 is 19.3 Å². The maximum atomic E-state index is 10.1. The molecule has 144 valence electrons. The predicted molar refractivity (Wildman–Crippen MR) is 98.6 cm³/mol. The van der Waals surface area contributed by atoms with Crippen LogP contribution in [-0.4, -0.2) is 46.2 Å². The minimum atomic E-state index is -2.53. The molecule has 2 N–H and O–H groups in total. The molecule has 2 fully saturated rings. The fourth-order valence-corrected chi connectivity index (χ4v) is 5.90. The summed E-state index contributed by atoms with van der Waals surface area (Å²) in [6.45, 7) is 7.85. The molecule has 0 saturated carbocycles. The van der Waals surface area contributed by atoms with Gasteiger partial charge in [0.25, 0.3) is 0 Å². The van der Waals surface area contributed by atoms with Crippen LogP contribution in [0.2, 0.25) is 0 Å². The molecule has 4 rings (SSSR count). The largest absolute Gasteiger partial charge is 0.409 e. The third-order valence-electron chi connectivity index (χ3n) is 4.99. The molecule has 2 aromatic rings. The number of nitrogens with two attached hydrogens (primary N) is 1. The van der Waals surface area contributed by atoms with Gasteiger partial charge in [-0.25, -0.2) is 9.50 Å². The number of nitriles is 1. The Morgan fingerprint density at radius 2 is 2.26 bits per heavy atom. The summed E-state index contributed by atoms with van der Waals surface area (Å²) in [5.41, 5.74) is 6.39. The monoisotopic (exact) mass is 392 g/mol. The van der Waals surface area contributed by atoms with Crippen LogP contribution < -0.4 is 5.73 Å². The summed E-state index contributed by atoms with van der Waals surface area (Å²) in [4.78, 5) is 4.01. The molecule has 2 saturated heterocycles. The van der Waals surface area contributed by atoms with E-state index in [9.17, 15) is 5.26 Å². The Balaban J connectivity index is 1.72. The van der Waals surface area contributed by atoms with Gasteiger partial charge in [-0.05, 0) is 32.9 Å². The summed E-state index contributed by atoms with van der Waals surface area (Å²) < 4.78 is 25.9. The number of anilines is 1. The Bertz CT molecular complexity index is 914. The van der Waals surface area contributed by atoms with Crippen molar-refractivity contribution in [3.05, 3.63) is 24.2 Å². The van der Waals surface area contributed by atoms with E-state index < -0.39 is 25.6 Å². The van der Waals surface area contributed by atoms with Gasteiger partial charge in [0.15, 0.2) is 11.9 Å². The van der Waals surface area contributed by atoms with Crippen LogP contribution in [0.25, 0.3) is 5.52 Å². The molecule has 0 bridgehead atoms. The lowest BCUT2D eigenvalue weighted by Crippen LogP contribution is -2.43. The Kier molecular flexibility index (Phi) is 4.37. The number of rotatable bonds is 3. The van der Waals surface area contributed by atoms with Gasteiger partial charge in [0, 0.05) is 0 Å². The number of fused-ring (bicyclic) bond motifs is 2. The van der Waals surface area contributed by atoms with E-state index in [1.54, 1.807) is 4.52 Å². The van der Waals surface area contributed by atoms with E-state index in [2.05, 4.69) is 16.2 Å². The van der Waals surface area contributed by atoms with Crippen molar-refractivity contribution in [2.75, 3.05) is 19.0 Å². The first-order chi connectivity index (χ1) is 12.8. The number of nitrogen functional groups attached to an aromatic ring is 1. The third-order valence-corrected chi connectivity index (χ3v) is 7.02. The van der Waals surface area contributed by atoms with Crippen LogP contribution >= 0.6 is 7.94 Å². The second-order valence-corrected chi connectivity index (χ2v) is 9.62. The molecule has 0 aromatic carbocycles. The summed E-state index contributed by atoms with van der Waals surface area (Å²) in [6.07, 6.45) is -0.0450. The summed E-state index contributed by atoms with van der Waals surface area (Å²) in [6, 6.07) is 6.10. The molecule has 0 aliphatic carbocycles. The van der Waals surface area contributed by atoms with E-state index >= 15 is 0 Å². The van der Waals surface area contributed by atoms with Crippen molar-refractivity contribution in [1.82, 2.24) is 14.6 Å². The molecule has 27 heavy (non-hydrogen) atoms. The average molecular weight is 392 g/mol. The molecule has 4 heterocycles. The van der Waals surface area contributed by atoms with Gasteiger partial charge in [0.05, 0.1) is 11.8 Å². The highest BCUT2D eigenvalue weighted by Crippen LogP contribution is 2.67. The van der Waals surface area contributed by atoms with Crippen molar-refractivity contribution < 1.29 is 18.3 Å². The van der Waals surface area contributed by atoms with E-state index in [1.807, 2.05) is 39.6 Å². The van der Waals surface area contributed by atoms with Gasteiger partial charge in [-0.1, -0.05) is 0 Å². The quantitative estimate of drug-likeness (QED) is 0.792. The van der Waals surface area contributed by atoms with Crippen molar-refractivity contribution in [3.63, 3.8) is 0 Å². The molecular weight excluding hydrogens is 369 g/mol. The number of aromatic nitrogens is 3. The molecule has 0 spiro atoms. The fraction of sp³-hybridized carbons (Fsp3) is 0.588. The van der Waals surface area contributed by atoms with Crippen LogP contribution in [0.4, 0.5) is 5.82 Å². The summed E-state index contributed by atoms with van der Waals surface area (Å²) in [5, 5.41) is 14.3.